The number of pyridine rings is 1. The first kappa shape index (κ1) is 29.8. The number of oxazole rings is 1. The van der Waals surface area contributed by atoms with E-state index in [1.54, 1.807) is 12.1 Å². The highest BCUT2D eigenvalue weighted by molar-refractivity contribution is 6.37. The van der Waals surface area contributed by atoms with Crippen LogP contribution in [-0.4, -0.2) is 50.9 Å². The van der Waals surface area contributed by atoms with E-state index in [9.17, 15) is 19.5 Å². The van der Waals surface area contributed by atoms with Gasteiger partial charge in [-0.05, 0) is 60.4 Å². The van der Waals surface area contributed by atoms with Crippen molar-refractivity contribution in [2.24, 2.45) is 7.05 Å². The van der Waals surface area contributed by atoms with Crippen LogP contribution in [0.3, 0.4) is 0 Å². The van der Waals surface area contributed by atoms with Crippen molar-refractivity contribution in [2.75, 3.05) is 18.4 Å². The number of amides is 1. The number of carbonyl (C=O) groups is 2. The van der Waals surface area contributed by atoms with Gasteiger partial charge in [-0.3, -0.25) is 19.3 Å². The predicted octanol–water partition coefficient (Wildman–Crippen LogP) is 6.11. The summed E-state index contributed by atoms with van der Waals surface area (Å²) in [4.78, 5) is 43.9. The zero-order valence-corrected chi connectivity index (χ0v) is 25.4. The summed E-state index contributed by atoms with van der Waals surface area (Å²) in [6.07, 6.45) is 2.39. The average Bonchev–Trinajstić information content (AvgIpc) is 3.61. The monoisotopic (exact) mass is 630 g/mol. The Labute approximate surface area is 262 Å². The molecule has 0 aliphatic carbocycles. The molecular weight excluding hydrogens is 603 g/mol. The van der Waals surface area contributed by atoms with E-state index >= 15 is 0 Å². The molecule has 0 bridgehead atoms. The van der Waals surface area contributed by atoms with Gasteiger partial charge in [0.05, 0.1) is 21.8 Å². The molecule has 3 aromatic carbocycles. The molecule has 0 saturated carbocycles. The van der Waals surface area contributed by atoms with Gasteiger partial charge in [0.15, 0.2) is 11.9 Å². The van der Waals surface area contributed by atoms with Crippen molar-refractivity contribution in [3.05, 3.63) is 103 Å². The van der Waals surface area contributed by atoms with E-state index in [4.69, 9.17) is 32.6 Å². The van der Waals surface area contributed by atoms with E-state index < -0.39 is 11.5 Å². The number of nitrogens with one attached hydrogen (secondary N) is 1. The van der Waals surface area contributed by atoms with Gasteiger partial charge >= 0.3 is 0 Å². The highest BCUT2D eigenvalue weighted by Crippen LogP contribution is 2.39. The number of β-amino-alcohol motifs (C(OH)–C–C–N with tert-alkyl or cyclic N) is 1. The molecular formula is C33H28Cl2N4O5. The molecule has 11 heteroatoms. The number of hydrogen-bond donors (Lipinski definition) is 2. The second-order valence-electron chi connectivity index (χ2n) is 10.9. The highest BCUT2D eigenvalue weighted by Gasteiger charge is 2.22. The van der Waals surface area contributed by atoms with Crippen molar-refractivity contribution >= 4 is 52.2 Å². The molecule has 1 aliphatic rings. The molecule has 1 atom stereocenters. The predicted molar refractivity (Wildman–Crippen MR) is 171 cm³/mol. The lowest BCUT2D eigenvalue weighted by atomic mass is 9.96. The first-order chi connectivity index (χ1) is 21.1. The van der Waals surface area contributed by atoms with Crippen LogP contribution in [0.1, 0.15) is 38.3 Å². The number of nitrogens with zero attached hydrogens (tertiary/aromatic N) is 3. The lowest BCUT2D eigenvalue weighted by Gasteiger charge is -2.14. The number of aliphatic hydroxyl groups is 1. The van der Waals surface area contributed by atoms with Crippen LogP contribution in [0.5, 0.6) is 0 Å². The van der Waals surface area contributed by atoms with E-state index in [0.29, 0.717) is 52.6 Å². The van der Waals surface area contributed by atoms with Gasteiger partial charge in [0.2, 0.25) is 5.89 Å². The number of aliphatic hydroxyl groups excluding tert-OH is 1. The van der Waals surface area contributed by atoms with E-state index in [0.717, 1.165) is 35.2 Å². The topological polar surface area (TPSA) is 118 Å². The van der Waals surface area contributed by atoms with E-state index in [-0.39, 0.29) is 22.3 Å². The number of benzene rings is 3. The number of rotatable bonds is 7. The van der Waals surface area contributed by atoms with E-state index in [1.807, 2.05) is 43.3 Å². The van der Waals surface area contributed by atoms with Gasteiger partial charge in [0, 0.05) is 49.6 Å². The van der Waals surface area contributed by atoms with Crippen LogP contribution in [0.2, 0.25) is 10.0 Å². The summed E-state index contributed by atoms with van der Waals surface area (Å²) < 4.78 is 7.34. The van der Waals surface area contributed by atoms with Crippen LogP contribution in [0.4, 0.5) is 5.69 Å². The normalized spacial score (nSPS) is 15.2. The minimum atomic E-state index is -0.678. The lowest BCUT2D eigenvalue weighted by Crippen LogP contribution is -2.28. The fourth-order valence-electron chi connectivity index (χ4n) is 5.62. The molecule has 6 rings (SSSR count). The van der Waals surface area contributed by atoms with Crippen molar-refractivity contribution in [3.63, 3.8) is 0 Å². The lowest BCUT2D eigenvalue weighted by molar-refractivity contribution is 0.102. The summed E-state index contributed by atoms with van der Waals surface area (Å²) in [6.45, 7) is 4.05. The van der Waals surface area contributed by atoms with Crippen LogP contribution < -0.4 is 10.9 Å². The Morgan fingerprint density at radius 1 is 1.14 bits per heavy atom. The van der Waals surface area contributed by atoms with Crippen molar-refractivity contribution in [1.29, 1.82) is 0 Å². The number of halogens is 2. The summed E-state index contributed by atoms with van der Waals surface area (Å²) in [5.41, 5.74) is 4.96. The second kappa shape index (κ2) is 12.0. The maximum absolute atomic E-state index is 13.1. The van der Waals surface area contributed by atoms with Crippen LogP contribution >= 0.6 is 23.2 Å². The molecule has 1 fully saturated rings. The van der Waals surface area contributed by atoms with Crippen LogP contribution in [0.15, 0.2) is 70.0 Å². The minimum absolute atomic E-state index is 0.174. The third-order valence-electron chi connectivity index (χ3n) is 7.84. The molecule has 9 nitrogen and oxygen atoms in total. The Hall–Kier alpha value is -4.28. The summed E-state index contributed by atoms with van der Waals surface area (Å²) in [5, 5.41) is 13.3. The number of hydrogen-bond acceptors (Lipinski definition) is 7. The van der Waals surface area contributed by atoms with E-state index in [1.165, 1.54) is 23.9 Å². The van der Waals surface area contributed by atoms with Gasteiger partial charge in [-0.1, -0.05) is 47.5 Å². The smallest absolute Gasteiger partial charge is 0.263 e. The fraction of sp³-hybridized carbons (Fsp3) is 0.212. The third-order valence-corrected chi connectivity index (χ3v) is 8.53. The molecule has 1 unspecified atom stereocenters. The minimum Gasteiger partial charge on any atom is -0.434 e. The SMILES string of the molecule is Cc1c(-c2nc3cc(CN4CCC(O)C4)cc(Cl)c3o2)cccc1-c1cccc(NC(=O)c2cc(C=O)cn(C)c2=O)c1Cl. The molecule has 0 spiro atoms. The number of anilines is 1. The first-order valence-electron chi connectivity index (χ1n) is 14.0. The second-order valence-corrected chi connectivity index (χ2v) is 11.7. The summed E-state index contributed by atoms with van der Waals surface area (Å²) in [7, 11) is 1.47. The molecule has 1 saturated heterocycles. The van der Waals surface area contributed by atoms with Crippen molar-refractivity contribution in [2.45, 2.75) is 26.0 Å². The molecule has 44 heavy (non-hydrogen) atoms. The molecule has 3 heterocycles. The summed E-state index contributed by atoms with van der Waals surface area (Å²) in [6, 6.07) is 16.0. The van der Waals surface area contributed by atoms with Gasteiger partial charge in [0.25, 0.3) is 11.5 Å². The molecule has 2 aromatic heterocycles. The molecule has 1 aliphatic heterocycles. The third kappa shape index (κ3) is 5.67. The number of aldehydes is 1. The van der Waals surface area contributed by atoms with Crippen LogP contribution in [0.25, 0.3) is 33.7 Å². The maximum atomic E-state index is 13.1. The van der Waals surface area contributed by atoms with Gasteiger partial charge in [-0.2, -0.15) is 0 Å². The largest absolute Gasteiger partial charge is 0.434 e. The molecule has 2 N–H and O–H groups in total. The Balaban J connectivity index is 1.32. The van der Waals surface area contributed by atoms with Crippen molar-refractivity contribution in [1.82, 2.24) is 14.5 Å². The highest BCUT2D eigenvalue weighted by atomic mass is 35.5. The Morgan fingerprint density at radius 2 is 1.89 bits per heavy atom. The zero-order valence-electron chi connectivity index (χ0n) is 23.9. The first-order valence-corrected chi connectivity index (χ1v) is 14.7. The zero-order chi connectivity index (χ0) is 31.1. The number of carbonyl (C=O) groups excluding carboxylic acids is 2. The Kier molecular flexibility index (Phi) is 8.13. The molecule has 5 aromatic rings. The number of aromatic nitrogens is 2. The van der Waals surface area contributed by atoms with Crippen LogP contribution in [-0.2, 0) is 13.6 Å². The Bertz CT molecular complexity index is 2000. The number of fused-ring (bicyclic) bond motifs is 1. The van der Waals surface area contributed by atoms with Gasteiger partial charge in [-0.15, -0.1) is 0 Å². The van der Waals surface area contributed by atoms with Crippen molar-refractivity contribution in [3.8, 4) is 22.6 Å². The van der Waals surface area contributed by atoms with Gasteiger partial charge in [-0.25, -0.2) is 4.98 Å². The Morgan fingerprint density at radius 3 is 2.64 bits per heavy atom. The van der Waals surface area contributed by atoms with Crippen molar-refractivity contribution < 1.29 is 19.1 Å². The molecule has 0 radical (unpaired) electrons. The summed E-state index contributed by atoms with van der Waals surface area (Å²) in [5.74, 6) is -0.274. The van der Waals surface area contributed by atoms with Crippen LogP contribution in [0, 0.1) is 6.92 Å². The van der Waals surface area contributed by atoms with E-state index in [2.05, 4.69) is 10.2 Å². The number of likely N-dealkylation sites (tertiary alicyclic amines) is 1. The quantitative estimate of drug-likeness (QED) is 0.208. The summed E-state index contributed by atoms with van der Waals surface area (Å²) >= 11 is 13.4. The maximum Gasteiger partial charge on any atom is 0.263 e. The fourth-order valence-corrected chi connectivity index (χ4v) is 6.17. The average molecular weight is 632 g/mol. The van der Waals surface area contributed by atoms with Gasteiger partial charge in [0.1, 0.15) is 11.1 Å². The molecule has 1 amide bonds. The van der Waals surface area contributed by atoms with Gasteiger partial charge < -0.3 is 19.4 Å². The standard InChI is InChI=1S/C33H28Cl2N4O5/c1-18-22(24-7-4-8-27(29(24)35)36-31(42)25-11-20(17-40)14-38(2)33(25)43)5-3-6-23(18)32-37-28-13-19(12-26(34)30(28)44-32)15-39-10-9-21(41)16-39/h3-8,11-14,17,21,41H,9-10,15-16H2,1-2H3,(H,36,42). The molecule has 224 valence electrons. The number of aryl methyl sites for hydroxylation is 1.